The van der Waals surface area contributed by atoms with Crippen LogP contribution in [0, 0.1) is 17.2 Å². The lowest BCUT2D eigenvalue weighted by Gasteiger charge is -2.22. The lowest BCUT2D eigenvalue weighted by Crippen LogP contribution is -2.21. The summed E-state index contributed by atoms with van der Waals surface area (Å²) in [6.07, 6.45) is 0.919. The summed E-state index contributed by atoms with van der Waals surface area (Å²) in [7, 11) is 0. The highest BCUT2D eigenvalue weighted by molar-refractivity contribution is 5.85. The van der Waals surface area contributed by atoms with E-state index >= 15 is 0 Å². The van der Waals surface area contributed by atoms with Gasteiger partial charge in [-0.1, -0.05) is 25.1 Å². The number of nitrogens with one attached hydrogen (secondary N) is 1. The van der Waals surface area contributed by atoms with Gasteiger partial charge in [0.15, 0.2) is 0 Å². The number of carbonyl (C=O) groups excluding carboxylic acids is 1. The number of nitriles is 1. The summed E-state index contributed by atoms with van der Waals surface area (Å²) in [5.74, 6) is -1.47. The van der Waals surface area contributed by atoms with Crippen LogP contribution >= 0.6 is 0 Å². The van der Waals surface area contributed by atoms with E-state index in [-0.39, 0.29) is 5.75 Å². The van der Waals surface area contributed by atoms with Gasteiger partial charge >= 0.3 is 12.1 Å². The van der Waals surface area contributed by atoms with E-state index < -0.39 is 24.1 Å². The van der Waals surface area contributed by atoms with Crippen LogP contribution in [0.25, 0.3) is 0 Å². The van der Waals surface area contributed by atoms with E-state index in [2.05, 4.69) is 5.32 Å². The third-order valence-corrected chi connectivity index (χ3v) is 3.74. The number of hydrogen-bond donors (Lipinski definition) is 3. The molecule has 0 spiro atoms. The highest BCUT2D eigenvalue weighted by Crippen LogP contribution is 2.29. The maximum absolute atomic E-state index is 12.3. The zero-order chi connectivity index (χ0) is 19.8. The molecule has 7 heteroatoms. The quantitative estimate of drug-likeness (QED) is 0.668. The predicted octanol–water partition coefficient (Wildman–Crippen LogP) is 3.83. The molecule has 0 radical (unpaired) electrons. The molecule has 0 aliphatic heterocycles. The third-order valence-electron chi connectivity index (χ3n) is 3.74. The number of carboxylic acids is 1. The van der Waals surface area contributed by atoms with Gasteiger partial charge < -0.3 is 14.9 Å². The molecule has 3 N–H and O–H groups in total. The molecule has 7 nitrogen and oxygen atoms in total. The molecule has 138 valence electrons. The zero-order valence-electron chi connectivity index (χ0n) is 14.5. The van der Waals surface area contributed by atoms with Crippen molar-refractivity contribution in [2.45, 2.75) is 13.0 Å². The number of carboxylic acid groups (broad SMARTS) is 1. The SMILES string of the molecule is C[C@@H](/C=C/C(=O)O)[C@H](OC(=O)Nc1ccc(C#N)cc1)c1ccc(O)cc1. The number of phenols is 1. The number of amides is 1. The van der Waals surface area contributed by atoms with Crippen molar-refractivity contribution in [2.75, 3.05) is 5.32 Å². The molecule has 0 aromatic heterocycles. The summed E-state index contributed by atoms with van der Waals surface area (Å²) >= 11 is 0. The molecule has 0 saturated heterocycles. The Labute approximate surface area is 156 Å². The van der Waals surface area contributed by atoms with Crippen LogP contribution in [-0.4, -0.2) is 22.3 Å². The van der Waals surface area contributed by atoms with Crippen LogP contribution in [-0.2, 0) is 9.53 Å². The Bertz CT molecular complexity index is 867. The highest BCUT2D eigenvalue weighted by Gasteiger charge is 2.22. The van der Waals surface area contributed by atoms with E-state index in [1.165, 1.54) is 18.2 Å². The first-order valence-corrected chi connectivity index (χ1v) is 8.07. The Hall–Kier alpha value is -3.79. The second kappa shape index (κ2) is 9.06. The first kappa shape index (κ1) is 19.5. The topological polar surface area (TPSA) is 120 Å². The lowest BCUT2D eigenvalue weighted by molar-refractivity contribution is -0.131. The Morgan fingerprint density at radius 2 is 1.78 bits per heavy atom. The number of rotatable bonds is 6. The van der Waals surface area contributed by atoms with Gasteiger partial charge in [0.1, 0.15) is 11.9 Å². The number of ether oxygens (including phenoxy) is 1. The number of aromatic hydroxyl groups is 1. The predicted molar refractivity (Wildman–Crippen MR) is 98.0 cm³/mol. The maximum Gasteiger partial charge on any atom is 0.412 e. The first-order valence-electron chi connectivity index (χ1n) is 8.07. The molecule has 2 atom stereocenters. The fourth-order valence-electron chi connectivity index (χ4n) is 2.37. The Balaban J connectivity index is 2.16. The van der Waals surface area contributed by atoms with Crippen molar-refractivity contribution >= 4 is 17.7 Å². The number of aliphatic carboxylic acids is 1. The average molecular weight is 366 g/mol. The minimum absolute atomic E-state index is 0.0632. The maximum atomic E-state index is 12.3. The standard InChI is InChI=1S/C20H18N2O5/c1-13(2-11-18(24)25)19(15-5-9-17(23)10-6-15)27-20(26)22-16-7-3-14(12-21)4-8-16/h2-11,13,19,23H,1H3,(H,22,26)(H,24,25)/b11-2+/t13-,19-/m0/s1. The van der Waals surface area contributed by atoms with E-state index in [1.54, 1.807) is 43.3 Å². The number of benzene rings is 2. The first-order chi connectivity index (χ1) is 12.9. The molecule has 0 aliphatic carbocycles. The van der Waals surface area contributed by atoms with Crippen LogP contribution < -0.4 is 5.32 Å². The van der Waals surface area contributed by atoms with E-state index in [0.29, 0.717) is 16.8 Å². The molecule has 0 saturated carbocycles. The Morgan fingerprint density at radius 1 is 1.15 bits per heavy atom. The van der Waals surface area contributed by atoms with Crippen molar-refractivity contribution in [3.63, 3.8) is 0 Å². The largest absolute Gasteiger partial charge is 0.508 e. The number of anilines is 1. The smallest absolute Gasteiger partial charge is 0.412 e. The molecule has 1 amide bonds. The molecule has 2 aromatic rings. The molecule has 0 heterocycles. The molecule has 0 fully saturated rings. The number of nitrogens with zero attached hydrogens (tertiary/aromatic N) is 1. The number of phenolic OH excluding ortho intramolecular Hbond substituents is 1. The van der Waals surface area contributed by atoms with Crippen molar-refractivity contribution in [2.24, 2.45) is 5.92 Å². The van der Waals surface area contributed by atoms with Gasteiger partial charge in [0.2, 0.25) is 0 Å². The molecule has 27 heavy (non-hydrogen) atoms. The van der Waals surface area contributed by atoms with Crippen molar-refractivity contribution in [1.29, 1.82) is 5.26 Å². The molecule has 0 bridgehead atoms. The van der Waals surface area contributed by atoms with E-state index in [0.717, 1.165) is 6.08 Å². The van der Waals surface area contributed by atoms with Gasteiger partial charge in [0.05, 0.1) is 11.6 Å². The van der Waals surface area contributed by atoms with E-state index in [9.17, 15) is 14.7 Å². The second-order valence-corrected chi connectivity index (χ2v) is 5.79. The van der Waals surface area contributed by atoms with Crippen molar-refractivity contribution in [3.8, 4) is 11.8 Å². The van der Waals surface area contributed by atoms with Gasteiger partial charge in [-0.3, -0.25) is 5.32 Å². The second-order valence-electron chi connectivity index (χ2n) is 5.79. The van der Waals surface area contributed by atoms with E-state index in [4.69, 9.17) is 15.1 Å². The van der Waals surface area contributed by atoms with Gasteiger partial charge in [0.25, 0.3) is 0 Å². The number of carbonyl (C=O) groups is 2. The Morgan fingerprint density at radius 3 is 2.33 bits per heavy atom. The summed E-state index contributed by atoms with van der Waals surface area (Å²) in [5, 5.41) is 29.6. The van der Waals surface area contributed by atoms with Crippen LogP contribution in [0.3, 0.4) is 0 Å². The van der Waals surface area contributed by atoms with Gasteiger partial charge in [0, 0.05) is 17.7 Å². The van der Waals surface area contributed by atoms with Gasteiger partial charge in [-0.05, 0) is 42.0 Å². The molecular formula is C20H18N2O5. The zero-order valence-corrected chi connectivity index (χ0v) is 14.5. The summed E-state index contributed by atoms with van der Waals surface area (Å²) < 4.78 is 5.49. The lowest BCUT2D eigenvalue weighted by atomic mass is 9.96. The molecular weight excluding hydrogens is 348 g/mol. The van der Waals surface area contributed by atoms with Crippen LogP contribution in [0.4, 0.5) is 10.5 Å². The molecule has 2 rings (SSSR count). The molecule has 0 unspecified atom stereocenters. The Kier molecular flexibility index (Phi) is 6.55. The fourth-order valence-corrected chi connectivity index (χ4v) is 2.37. The minimum Gasteiger partial charge on any atom is -0.508 e. The van der Waals surface area contributed by atoms with Gasteiger partial charge in [-0.25, -0.2) is 9.59 Å². The summed E-state index contributed by atoms with van der Waals surface area (Å²) in [4.78, 5) is 23.0. The van der Waals surface area contributed by atoms with Gasteiger partial charge in [-0.15, -0.1) is 0 Å². The summed E-state index contributed by atoms with van der Waals surface area (Å²) in [5.41, 5.74) is 1.52. The third kappa shape index (κ3) is 5.90. The van der Waals surface area contributed by atoms with Gasteiger partial charge in [-0.2, -0.15) is 5.26 Å². The summed E-state index contributed by atoms with van der Waals surface area (Å²) in [6, 6.07) is 14.4. The van der Waals surface area contributed by atoms with Crippen LogP contribution in [0.2, 0.25) is 0 Å². The van der Waals surface area contributed by atoms with Crippen LogP contribution in [0.1, 0.15) is 24.2 Å². The molecule has 2 aromatic carbocycles. The van der Waals surface area contributed by atoms with E-state index in [1.807, 2.05) is 6.07 Å². The van der Waals surface area contributed by atoms with Crippen molar-refractivity contribution < 1.29 is 24.5 Å². The average Bonchev–Trinajstić information content (AvgIpc) is 2.65. The fraction of sp³-hybridized carbons (Fsp3) is 0.150. The normalized spacial score (nSPS) is 12.7. The highest BCUT2D eigenvalue weighted by atomic mass is 16.6. The number of hydrogen-bond acceptors (Lipinski definition) is 5. The minimum atomic E-state index is -1.10. The van der Waals surface area contributed by atoms with Crippen LogP contribution in [0.15, 0.2) is 60.7 Å². The monoisotopic (exact) mass is 366 g/mol. The molecule has 0 aliphatic rings. The van der Waals surface area contributed by atoms with Crippen molar-refractivity contribution in [1.82, 2.24) is 0 Å². The van der Waals surface area contributed by atoms with Crippen LogP contribution in [0.5, 0.6) is 5.75 Å². The van der Waals surface area contributed by atoms with Crippen molar-refractivity contribution in [3.05, 3.63) is 71.8 Å². The summed E-state index contributed by atoms with van der Waals surface area (Å²) in [6.45, 7) is 1.71.